The van der Waals surface area contributed by atoms with Crippen molar-refractivity contribution in [3.05, 3.63) is 62.7 Å². The predicted molar refractivity (Wildman–Crippen MR) is 113 cm³/mol. The van der Waals surface area contributed by atoms with Gasteiger partial charge in [-0.1, -0.05) is 30.7 Å². The van der Waals surface area contributed by atoms with Crippen LogP contribution in [0, 0.1) is 10.1 Å². The minimum Gasteiger partial charge on any atom is -0.363 e. The van der Waals surface area contributed by atoms with E-state index < -0.39 is 4.92 Å². The van der Waals surface area contributed by atoms with Crippen molar-refractivity contribution in [2.75, 3.05) is 16.8 Å². The molecule has 148 valence electrons. The molecule has 28 heavy (non-hydrogen) atoms. The zero-order valence-corrected chi connectivity index (χ0v) is 16.8. The third-order valence-corrected chi connectivity index (χ3v) is 5.56. The van der Waals surface area contributed by atoms with Gasteiger partial charge in [0.05, 0.1) is 15.6 Å². The standard InChI is InChI=1S/C21H24ClN3O3/c1-3-15-7-9-16(10-8-15)21(26)23-18-13-19(20(25(27)28)12-17(18)22)24-11-5-4-6-14(24)2/h7-10,12-14H,3-6,11H2,1-2H3,(H,23,26)/t14-/m1/s1. The first-order valence-corrected chi connectivity index (χ1v) is 9.93. The number of carbonyl (C=O) groups is 1. The highest BCUT2D eigenvalue weighted by Gasteiger charge is 2.27. The number of hydrogen-bond acceptors (Lipinski definition) is 4. The summed E-state index contributed by atoms with van der Waals surface area (Å²) in [5, 5.41) is 14.5. The summed E-state index contributed by atoms with van der Waals surface area (Å²) in [4.78, 5) is 25.8. The summed E-state index contributed by atoms with van der Waals surface area (Å²) in [5.41, 5.74) is 2.50. The van der Waals surface area contributed by atoms with Crippen LogP contribution < -0.4 is 10.2 Å². The number of nitrogens with zero attached hydrogens (tertiary/aromatic N) is 2. The number of carbonyl (C=O) groups excluding carboxylic acids is 1. The summed E-state index contributed by atoms with van der Waals surface area (Å²) < 4.78 is 0. The Morgan fingerprint density at radius 1 is 1.29 bits per heavy atom. The van der Waals surface area contributed by atoms with Crippen molar-refractivity contribution in [3.8, 4) is 0 Å². The van der Waals surface area contributed by atoms with Crippen LogP contribution in [0.2, 0.25) is 5.02 Å². The highest BCUT2D eigenvalue weighted by atomic mass is 35.5. The first-order valence-electron chi connectivity index (χ1n) is 9.55. The van der Waals surface area contributed by atoms with Gasteiger partial charge in [0.1, 0.15) is 5.69 Å². The van der Waals surface area contributed by atoms with Gasteiger partial charge in [-0.15, -0.1) is 0 Å². The van der Waals surface area contributed by atoms with Crippen LogP contribution in [-0.4, -0.2) is 23.4 Å². The van der Waals surface area contributed by atoms with E-state index in [1.165, 1.54) is 6.07 Å². The van der Waals surface area contributed by atoms with Crippen LogP contribution in [0.1, 0.15) is 49.0 Å². The van der Waals surface area contributed by atoms with Gasteiger partial charge in [0.2, 0.25) is 0 Å². The number of halogens is 1. The number of hydrogen-bond donors (Lipinski definition) is 1. The fourth-order valence-electron chi connectivity index (χ4n) is 3.57. The molecule has 3 rings (SSSR count). The fourth-order valence-corrected chi connectivity index (χ4v) is 3.77. The molecule has 0 aromatic heterocycles. The van der Waals surface area contributed by atoms with Crippen molar-refractivity contribution < 1.29 is 9.72 Å². The van der Waals surface area contributed by atoms with E-state index in [9.17, 15) is 14.9 Å². The van der Waals surface area contributed by atoms with Crippen molar-refractivity contribution >= 4 is 34.6 Å². The number of nitro benzene ring substituents is 1. The molecule has 1 atom stereocenters. The van der Waals surface area contributed by atoms with Crippen molar-refractivity contribution in [2.45, 2.75) is 45.6 Å². The number of benzene rings is 2. The monoisotopic (exact) mass is 401 g/mol. The Labute approximate surface area is 169 Å². The molecule has 0 bridgehead atoms. The molecule has 0 unspecified atom stereocenters. The Balaban J connectivity index is 1.93. The van der Waals surface area contributed by atoms with E-state index >= 15 is 0 Å². The Kier molecular flexibility index (Phi) is 6.19. The largest absolute Gasteiger partial charge is 0.363 e. The molecule has 1 N–H and O–H groups in total. The molecule has 1 amide bonds. The second-order valence-corrected chi connectivity index (χ2v) is 7.53. The lowest BCUT2D eigenvalue weighted by Gasteiger charge is -2.35. The van der Waals surface area contributed by atoms with E-state index in [-0.39, 0.29) is 22.7 Å². The van der Waals surface area contributed by atoms with Crippen LogP contribution in [0.4, 0.5) is 17.1 Å². The maximum atomic E-state index is 12.6. The Hall–Kier alpha value is -2.60. The van der Waals surface area contributed by atoms with Crippen LogP contribution >= 0.6 is 11.6 Å². The van der Waals surface area contributed by atoms with Crippen molar-refractivity contribution in [3.63, 3.8) is 0 Å². The number of amides is 1. The van der Waals surface area contributed by atoms with Gasteiger partial charge in [-0.3, -0.25) is 14.9 Å². The summed E-state index contributed by atoms with van der Waals surface area (Å²) in [6.07, 6.45) is 3.96. The van der Waals surface area contributed by atoms with E-state index in [4.69, 9.17) is 11.6 Å². The van der Waals surface area contributed by atoms with Gasteiger partial charge >= 0.3 is 0 Å². The average molecular weight is 402 g/mol. The normalized spacial score (nSPS) is 16.7. The minimum absolute atomic E-state index is 0.0379. The highest BCUT2D eigenvalue weighted by Crippen LogP contribution is 2.39. The minimum atomic E-state index is -0.419. The zero-order chi connectivity index (χ0) is 20.3. The van der Waals surface area contributed by atoms with Gasteiger partial charge in [-0.25, -0.2) is 0 Å². The van der Waals surface area contributed by atoms with Crippen molar-refractivity contribution in [1.82, 2.24) is 0 Å². The highest BCUT2D eigenvalue weighted by molar-refractivity contribution is 6.34. The Morgan fingerprint density at radius 2 is 2.00 bits per heavy atom. The lowest BCUT2D eigenvalue weighted by Crippen LogP contribution is -2.37. The molecule has 2 aromatic carbocycles. The van der Waals surface area contributed by atoms with E-state index in [0.29, 0.717) is 16.9 Å². The van der Waals surface area contributed by atoms with E-state index in [1.807, 2.05) is 17.0 Å². The summed E-state index contributed by atoms with van der Waals surface area (Å²) in [6, 6.07) is 10.5. The number of piperidine rings is 1. The summed E-state index contributed by atoms with van der Waals surface area (Å²) in [5.74, 6) is -0.295. The molecule has 1 saturated heterocycles. The van der Waals surface area contributed by atoms with Crippen LogP contribution in [0.5, 0.6) is 0 Å². The van der Waals surface area contributed by atoms with Gasteiger partial charge in [-0.2, -0.15) is 0 Å². The SMILES string of the molecule is CCc1ccc(C(=O)Nc2cc(N3CCCC[C@H]3C)c([N+](=O)[O-])cc2Cl)cc1. The lowest BCUT2D eigenvalue weighted by molar-refractivity contribution is -0.384. The third kappa shape index (κ3) is 4.28. The summed E-state index contributed by atoms with van der Waals surface area (Å²) in [6.45, 7) is 4.86. The first-order chi connectivity index (χ1) is 13.4. The maximum Gasteiger partial charge on any atom is 0.294 e. The van der Waals surface area contributed by atoms with E-state index in [0.717, 1.165) is 37.8 Å². The van der Waals surface area contributed by atoms with Gasteiger partial charge < -0.3 is 10.2 Å². The molecule has 1 fully saturated rings. The van der Waals surface area contributed by atoms with Gasteiger partial charge in [0.15, 0.2) is 0 Å². The molecule has 0 aliphatic carbocycles. The molecule has 1 heterocycles. The number of rotatable bonds is 5. The molecule has 0 spiro atoms. The van der Waals surface area contributed by atoms with Gasteiger partial charge in [0.25, 0.3) is 11.6 Å². The molecule has 2 aromatic rings. The molecule has 0 saturated carbocycles. The maximum absolute atomic E-state index is 12.6. The number of aryl methyl sites for hydroxylation is 1. The van der Waals surface area contributed by atoms with E-state index in [1.54, 1.807) is 18.2 Å². The molecular weight excluding hydrogens is 378 g/mol. The van der Waals surface area contributed by atoms with Gasteiger partial charge in [-0.05, 0) is 56.4 Å². The second kappa shape index (κ2) is 8.61. The van der Waals surface area contributed by atoms with Crippen molar-refractivity contribution in [1.29, 1.82) is 0 Å². The quantitative estimate of drug-likeness (QED) is 0.534. The topological polar surface area (TPSA) is 75.5 Å². The summed E-state index contributed by atoms with van der Waals surface area (Å²) in [7, 11) is 0. The fraction of sp³-hybridized carbons (Fsp3) is 0.381. The number of nitro groups is 1. The smallest absolute Gasteiger partial charge is 0.294 e. The first kappa shape index (κ1) is 20.1. The Bertz CT molecular complexity index is 883. The van der Waals surface area contributed by atoms with E-state index in [2.05, 4.69) is 19.2 Å². The molecule has 0 radical (unpaired) electrons. The molecule has 6 nitrogen and oxygen atoms in total. The zero-order valence-electron chi connectivity index (χ0n) is 16.1. The van der Waals surface area contributed by atoms with Crippen LogP contribution in [0.25, 0.3) is 0 Å². The lowest BCUT2D eigenvalue weighted by atomic mass is 10.0. The number of anilines is 2. The average Bonchev–Trinajstić information content (AvgIpc) is 2.69. The molecular formula is C21H24ClN3O3. The molecule has 7 heteroatoms. The predicted octanol–water partition coefficient (Wildman–Crippen LogP) is 5.44. The van der Waals surface area contributed by atoms with Crippen molar-refractivity contribution in [2.24, 2.45) is 0 Å². The van der Waals surface area contributed by atoms with Gasteiger partial charge in [0, 0.05) is 24.2 Å². The molecule has 1 aliphatic heterocycles. The Morgan fingerprint density at radius 3 is 2.61 bits per heavy atom. The third-order valence-electron chi connectivity index (χ3n) is 5.25. The van der Waals surface area contributed by atoms with Crippen LogP contribution in [0.3, 0.4) is 0 Å². The summed E-state index contributed by atoms with van der Waals surface area (Å²) >= 11 is 6.26. The number of nitrogens with one attached hydrogen (secondary N) is 1. The molecule has 1 aliphatic rings. The second-order valence-electron chi connectivity index (χ2n) is 7.12. The van der Waals surface area contributed by atoms with Crippen LogP contribution in [-0.2, 0) is 6.42 Å². The van der Waals surface area contributed by atoms with Crippen LogP contribution in [0.15, 0.2) is 36.4 Å².